The van der Waals surface area contributed by atoms with E-state index in [0.717, 1.165) is 41.0 Å². The third kappa shape index (κ3) is 3.55. The monoisotopic (exact) mass is 436 g/mol. The summed E-state index contributed by atoms with van der Waals surface area (Å²) in [5, 5.41) is 0. The second kappa shape index (κ2) is 7.94. The summed E-state index contributed by atoms with van der Waals surface area (Å²) >= 11 is 0. The Hall–Kier alpha value is -2.97. The van der Waals surface area contributed by atoms with Crippen molar-refractivity contribution in [2.45, 2.75) is 37.1 Å². The first-order valence-corrected chi connectivity index (χ1v) is 12.0. The zero-order valence-electron chi connectivity index (χ0n) is 17.3. The van der Waals surface area contributed by atoms with Crippen molar-refractivity contribution in [3.8, 4) is 11.4 Å². The Labute approximate surface area is 181 Å². The number of rotatable bonds is 6. The molecule has 1 aliphatic rings. The summed E-state index contributed by atoms with van der Waals surface area (Å²) in [5.74, 6) is 0.746. The van der Waals surface area contributed by atoms with Crippen LogP contribution in [-0.4, -0.2) is 40.3 Å². The van der Waals surface area contributed by atoms with E-state index in [9.17, 15) is 8.42 Å². The number of fused-ring (bicyclic) bond motifs is 1. The summed E-state index contributed by atoms with van der Waals surface area (Å²) < 4.78 is 35.4. The maximum absolute atomic E-state index is 13.3. The molecule has 4 aromatic rings. The fourth-order valence-corrected chi connectivity index (χ4v) is 5.77. The standard InChI is InChI=1S/C23H24N4O3S/c1-2-4-17-6-8-20(9-7-17)31(28,29)26-13-10-19(15-26)27-22(18-11-14-30-16-18)25-21-5-3-12-24-23(21)27/h3,5-9,11-12,14,16,19H,2,4,10,13,15H2,1H3. The zero-order valence-corrected chi connectivity index (χ0v) is 18.1. The summed E-state index contributed by atoms with van der Waals surface area (Å²) in [6.07, 6.45) is 7.68. The van der Waals surface area contributed by atoms with Gasteiger partial charge in [0, 0.05) is 19.3 Å². The lowest BCUT2D eigenvalue weighted by Crippen LogP contribution is -2.29. The number of benzene rings is 1. The SMILES string of the molecule is CCCc1ccc(S(=O)(=O)N2CCC(n3c(-c4ccoc4)nc4cccnc43)C2)cc1. The smallest absolute Gasteiger partial charge is 0.243 e. The molecule has 0 aliphatic carbocycles. The van der Waals surface area contributed by atoms with Gasteiger partial charge < -0.3 is 8.98 Å². The van der Waals surface area contributed by atoms with Crippen LogP contribution in [0.1, 0.15) is 31.4 Å². The Morgan fingerprint density at radius 1 is 1.16 bits per heavy atom. The van der Waals surface area contributed by atoms with Crippen LogP contribution < -0.4 is 0 Å². The Kier molecular flexibility index (Phi) is 5.11. The number of hydrogen-bond acceptors (Lipinski definition) is 5. The molecule has 0 saturated carbocycles. The van der Waals surface area contributed by atoms with E-state index in [0.29, 0.717) is 24.4 Å². The van der Waals surface area contributed by atoms with Gasteiger partial charge in [-0.15, -0.1) is 0 Å². The fraction of sp³-hybridized carbons (Fsp3) is 0.304. The van der Waals surface area contributed by atoms with Gasteiger partial charge in [0.1, 0.15) is 17.6 Å². The van der Waals surface area contributed by atoms with E-state index in [4.69, 9.17) is 9.40 Å². The van der Waals surface area contributed by atoms with Crippen molar-refractivity contribution in [1.29, 1.82) is 0 Å². The maximum Gasteiger partial charge on any atom is 0.243 e. The molecule has 1 saturated heterocycles. The van der Waals surface area contributed by atoms with Crippen molar-refractivity contribution in [1.82, 2.24) is 18.8 Å². The summed E-state index contributed by atoms with van der Waals surface area (Å²) in [5.41, 5.74) is 3.55. The number of aromatic nitrogens is 3. The van der Waals surface area contributed by atoms with Crippen LogP contribution in [0.3, 0.4) is 0 Å². The molecule has 1 unspecified atom stereocenters. The number of pyridine rings is 1. The molecule has 1 atom stereocenters. The summed E-state index contributed by atoms with van der Waals surface area (Å²) in [6, 6.07) is 12.8. The number of nitrogens with zero attached hydrogens (tertiary/aromatic N) is 4. The Bertz CT molecular complexity index is 1290. The van der Waals surface area contributed by atoms with Crippen molar-refractivity contribution in [3.05, 3.63) is 66.8 Å². The minimum absolute atomic E-state index is 0.0565. The molecular formula is C23H24N4O3S. The predicted octanol–water partition coefficient (Wildman–Crippen LogP) is 4.28. The number of sulfonamides is 1. The molecule has 7 nitrogen and oxygen atoms in total. The van der Waals surface area contributed by atoms with Crippen molar-refractivity contribution < 1.29 is 12.8 Å². The molecule has 1 aliphatic heterocycles. The van der Waals surface area contributed by atoms with Crippen LogP contribution in [0, 0.1) is 0 Å². The summed E-state index contributed by atoms with van der Waals surface area (Å²) in [4.78, 5) is 9.62. The number of furan rings is 1. The van der Waals surface area contributed by atoms with Gasteiger partial charge in [0.2, 0.25) is 10.0 Å². The van der Waals surface area contributed by atoms with Crippen LogP contribution in [-0.2, 0) is 16.4 Å². The van der Waals surface area contributed by atoms with Gasteiger partial charge in [-0.25, -0.2) is 18.4 Å². The highest BCUT2D eigenvalue weighted by Crippen LogP contribution is 2.34. The lowest BCUT2D eigenvalue weighted by Gasteiger charge is -2.18. The second-order valence-corrected chi connectivity index (χ2v) is 9.80. The van der Waals surface area contributed by atoms with Crippen LogP contribution in [0.5, 0.6) is 0 Å². The van der Waals surface area contributed by atoms with Crippen LogP contribution in [0.2, 0.25) is 0 Å². The first-order chi connectivity index (χ1) is 15.1. The highest BCUT2D eigenvalue weighted by atomic mass is 32.2. The third-order valence-corrected chi connectivity index (χ3v) is 7.70. The largest absolute Gasteiger partial charge is 0.472 e. The van der Waals surface area contributed by atoms with E-state index in [1.54, 1.807) is 35.2 Å². The van der Waals surface area contributed by atoms with E-state index < -0.39 is 10.0 Å². The average Bonchev–Trinajstić information content (AvgIpc) is 3.52. The van der Waals surface area contributed by atoms with Crippen LogP contribution in [0.4, 0.5) is 0 Å². The molecule has 1 aromatic carbocycles. The maximum atomic E-state index is 13.3. The molecule has 3 aromatic heterocycles. The highest BCUT2D eigenvalue weighted by molar-refractivity contribution is 7.89. The topological polar surface area (TPSA) is 81.2 Å². The van der Waals surface area contributed by atoms with E-state index >= 15 is 0 Å². The number of imidazole rings is 1. The normalized spacial score (nSPS) is 17.5. The van der Waals surface area contributed by atoms with Gasteiger partial charge in [0.15, 0.2) is 5.65 Å². The Morgan fingerprint density at radius 3 is 2.74 bits per heavy atom. The van der Waals surface area contributed by atoms with Gasteiger partial charge in [0.25, 0.3) is 0 Å². The van der Waals surface area contributed by atoms with Crippen LogP contribution >= 0.6 is 0 Å². The van der Waals surface area contributed by atoms with Crippen molar-refractivity contribution in [3.63, 3.8) is 0 Å². The van der Waals surface area contributed by atoms with Crippen molar-refractivity contribution in [2.75, 3.05) is 13.1 Å². The lowest BCUT2D eigenvalue weighted by molar-refractivity contribution is 0.455. The molecule has 0 amide bonds. The minimum Gasteiger partial charge on any atom is -0.472 e. The molecule has 31 heavy (non-hydrogen) atoms. The van der Waals surface area contributed by atoms with Gasteiger partial charge in [-0.1, -0.05) is 25.5 Å². The third-order valence-electron chi connectivity index (χ3n) is 5.82. The van der Waals surface area contributed by atoms with Crippen molar-refractivity contribution in [2.24, 2.45) is 0 Å². The molecule has 5 rings (SSSR count). The van der Waals surface area contributed by atoms with Crippen molar-refractivity contribution >= 4 is 21.2 Å². The Balaban J connectivity index is 1.47. The van der Waals surface area contributed by atoms with Gasteiger partial charge in [0.05, 0.1) is 22.8 Å². The molecule has 0 spiro atoms. The molecule has 160 valence electrons. The summed E-state index contributed by atoms with van der Waals surface area (Å²) in [6.45, 7) is 2.95. The molecule has 8 heteroatoms. The highest BCUT2D eigenvalue weighted by Gasteiger charge is 2.35. The fourth-order valence-electron chi connectivity index (χ4n) is 4.28. The minimum atomic E-state index is -3.55. The van der Waals surface area contributed by atoms with Gasteiger partial charge >= 0.3 is 0 Å². The number of hydrogen-bond donors (Lipinski definition) is 0. The zero-order chi connectivity index (χ0) is 21.4. The molecule has 0 bridgehead atoms. The molecule has 0 radical (unpaired) electrons. The molecular weight excluding hydrogens is 412 g/mol. The average molecular weight is 437 g/mol. The molecule has 1 fully saturated rings. The van der Waals surface area contributed by atoms with Gasteiger partial charge in [-0.3, -0.25) is 0 Å². The number of aryl methyl sites for hydroxylation is 1. The first-order valence-electron chi connectivity index (χ1n) is 10.5. The molecule has 0 N–H and O–H groups in total. The second-order valence-electron chi connectivity index (χ2n) is 7.86. The van der Waals surface area contributed by atoms with E-state index in [2.05, 4.69) is 16.5 Å². The van der Waals surface area contributed by atoms with E-state index in [1.165, 1.54) is 0 Å². The van der Waals surface area contributed by atoms with Gasteiger partial charge in [-0.05, 0) is 48.7 Å². The van der Waals surface area contributed by atoms with Crippen LogP contribution in [0.25, 0.3) is 22.6 Å². The first kappa shape index (κ1) is 20.0. The summed E-state index contributed by atoms with van der Waals surface area (Å²) in [7, 11) is -3.55. The predicted molar refractivity (Wildman–Crippen MR) is 118 cm³/mol. The lowest BCUT2D eigenvalue weighted by atomic mass is 10.1. The quantitative estimate of drug-likeness (QED) is 0.451. The van der Waals surface area contributed by atoms with Crippen LogP contribution in [0.15, 0.2) is 70.5 Å². The van der Waals surface area contributed by atoms with Gasteiger partial charge in [-0.2, -0.15) is 4.31 Å². The van der Waals surface area contributed by atoms with E-state index in [-0.39, 0.29) is 6.04 Å². The Morgan fingerprint density at radius 2 is 2.00 bits per heavy atom. The molecule has 4 heterocycles. The van der Waals surface area contributed by atoms with E-state index in [1.807, 2.05) is 30.3 Å².